The lowest BCUT2D eigenvalue weighted by molar-refractivity contribution is -0.143. The molecule has 0 aromatic carbocycles. The van der Waals surface area contributed by atoms with Gasteiger partial charge in [-0.1, -0.05) is 315 Å². The van der Waals surface area contributed by atoms with Crippen molar-refractivity contribution in [1.82, 2.24) is 5.32 Å². The molecule has 0 saturated heterocycles. The monoisotopic (exact) mass is 1000 g/mol. The molecular weight excluding hydrogens is 875 g/mol. The Hall–Kier alpha value is -1.40. The van der Waals surface area contributed by atoms with Gasteiger partial charge in [-0.3, -0.25) is 9.59 Å². The van der Waals surface area contributed by atoms with Crippen LogP contribution in [0.25, 0.3) is 0 Å². The summed E-state index contributed by atoms with van der Waals surface area (Å²) in [6.07, 6.45) is 73.7. The first kappa shape index (κ1) is 69.6. The lowest BCUT2D eigenvalue weighted by Crippen LogP contribution is -2.45. The smallest absolute Gasteiger partial charge is 0.305 e. The molecule has 0 aliphatic rings. The number of aliphatic hydroxyl groups is 2. The average molecular weight is 1000 g/mol. The number of carbonyl (C=O) groups excluding carboxylic acids is 2. The fourth-order valence-corrected chi connectivity index (χ4v) is 10.3. The van der Waals surface area contributed by atoms with Crippen LogP contribution in [-0.2, 0) is 14.3 Å². The van der Waals surface area contributed by atoms with Crippen LogP contribution in [-0.4, -0.2) is 47.4 Å². The SMILES string of the molecule is CCCCCCCCCCCCCCCCCCCCC(O)C(CO)NC(=O)CCCCCCCCC/C=C\CCCCCCCCCCCCCOC(=O)CCCCCCCCCCCCCCCC. The second-order valence-corrected chi connectivity index (χ2v) is 22.5. The fourth-order valence-electron chi connectivity index (χ4n) is 10.3. The summed E-state index contributed by atoms with van der Waals surface area (Å²) in [4.78, 5) is 24.6. The average Bonchev–Trinajstić information content (AvgIpc) is 3.37. The van der Waals surface area contributed by atoms with E-state index in [4.69, 9.17) is 4.74 Å². The highest BCUT2D eigenvalue weighted by Crippen LogP contribution is 2.18. The first-order valence-corrected chi connectivity index (χ1v) is 32.4. The zero-order valence-corrected chi connectivity index (χ0v) is 48.2. The molecule has 2 atom stereocenters. The number of unbranched alkanes of at least 4 members (excludes halogenated alkanes) is 48. The topological polar surface area (TPSA) is 95.9 Å². The Labute approximate surface area is 444 Å². The van der Waals surface area contributed by atoms with Crippen molar-refractivity contribution in [2.24, 2.45) is 0 Å². The fraction of sp³-hybridized carbons (Fsp3) is 0.938. The van der Waals surface area contributed by atoms with Crippen LogP contribution >= 0.6 is 0 Å². The van der Waals surface area contributed by atoms with E-state index < -0.39 is 12.1 Å². The summed E-state index contributed by atoms with van der Waals surface area (Å²) in [6, 6.07) is -0.546. The minimum Gasteiger partial charge on any atom is -0.466 e. The molecule has 2 unspecified atom stereocenters. The highest BCUT2D eigenvalue weighted by molar-refractivity contribution is 5.76. The largest absolute Gasteiger partial charge is 0.466 e. The summed E-state index contributed by atoms with van der Waals surface area (Å²) < 4.78 is 5.49. The number of ether oxygens (including phenoxy) is 1. The molecule has 0 aliphatic heterocycles. The summed E-state index contributed by atoms with van der Waals surface area (Å²) >= 11 is 0. The molecule has 0 heterocycles. The second kappa shape index (κ2) is 61.1. The van der Waals surface area contributed by atoms with Gasteiger partial charge in [0.15, 0.2) is 0 Å². The molecule has 3 N–H and O–H groups in total. The number of carbonyl (C=O) groups is 2. The van der Waals surface area contributed by atoms with Crippen molar-refractivity contribution < 1.29 is 24.5 Å². The molecule has 1 amide bonds. The van der Waals surface area contributed by atoms with Crippen LogP contribution in [0.1, 0.15) is 367 Å². The predicted molar refractivity (Wildman–Crippen MR) is 310 cm³/mol. The van der Waals surface area contributed by atoms with Crippen LogP contribution in [0.2, 0.25) is 0 Å². The maximum atomic E-state index is 12.5. The number of nitrogens with one attached hydrogen (secondary N) is 1. The molecule has 0 aliphatic carbocycles. The minimum absolute atomic E-state index is 0.0131. The van der Waals surface area contributed by atoms with E-state index in [1.807, 2.05) is 0 Å². The highest BCUT2D eigenvalue weighted by atomic mass is 16.5. The van der Waals surface area contributed by atoms with E-state index in [1.165, 1.54) is 295 Å². The maximum absolute atomic E-state index is 12.5. The van der Waals surface area contributed by atoms with Crippen molar-refractivity contribution in [3.63, 3.8) is 0 Å². The molecule has 71 heavy (non-hydrogen) atoms. The van der Waals surface area contributed by atoms with Gasteiger partial charge >= 0.3 is 5.97 Å². The van der Waals surface area contributed by atoms with E-state index >= 15 is 0 Å². The van der Waals surface area contributed by atoms with Crippen LogP contribution in [0.15, 0.2) is 12.2 Å². The van der Waals surface area contributed by atoms with Crippen molar-refractivity contribution in [3.8, 4) is 0 Å². The van der Waals surface area contributed by atoms with Gasteiger partial charge in [0.05, 0.1) is 25.4 Å². The summed E-state index contributed by atoms with van der Waals surface area (Å²) in [5.74, 6) is -0.0252. The number of rotatable bonds is 61. The van der Waals surface area contributed by atoms with Crippen molar-refractivity contribution in [3.05, 3.63) is 12.2 Å². The molecule has 0 spiro atoms. The normalized spacial score (nSPS) is 12.6. The van der Waals surface area contributed by atoms with E-state index in [0.717, 1.165) is 38.5 Å². The van der Waals surface area contributed by atoms with E-state index in [9.17, 15) is 19.8 Å². The Kier molecular flexibility index (Phi) is 59.9. The Balaban J connectivity index is 3.40. The van der Waals surface area contributed by atoms with Gasteiger partial charge in [-0.25, -0.2) is 0 Å². The maximum Gasteiger partial charge on any atom is 0.305 e. The number of allylic oxidation sites excluding steroid dienone is 2. The van der Waals surface area contributed by atoms with Crippen molar-refractivity contribution >= 4 is 11.9 Å². The number of hydrogen-bond donors (Lipinski definition) is 3. The predicted octanol–water partition coefficient (Wildman–Crippen LogP) is 20.4. The lowest BCUT2D eigenvalue weighted by atomic mass is 10.0. The van der Waals surface area contributed by atoms with Crippen LogP contribution in [0.5, 0.6) is 0 Å². The number of hydrogen-bond acceptors (Lipinski definition) is 5. The van der Waals surface area contributed by atoms with Crippen molar-refractivity contribution in [1.29, 1.82) is 0 Å². The Bertz CT molecular complexity index is 1060. The van der Waals surface area contributed by atoms with Crippen molar-refractivity contribution in [2.45, 2.75) is 379 Å². The Morgan fingerprint density at radius 3 is 1.00 bits per heavy atom. The third-order valence-corrected chi connectivity index (χ3v) is 15.3. The number of amides is 1. The minimum atomic E-state index is -0.668. The van der Waals surface area contributed by atoms with Crippen LogP contribution in [0.4, 0.5) is 0 Å². The first-order valence-electron chi connectivity index (χ1n) is 32.4. The van der Waals surface area contributed by atoms with Crippen LogP contribution in [0, 0.1) is 0 Å². The highest BCUT2D eigenvalue weighted by Gasteiger charge is 2.20. The van der Waals surface area contributed by atoms with Gasteiger partial charge in [0, 0.05) is 12.8 Å². The quantitative estimate of drug-likeness (QED) is 0.0320. The van der Waals surface area contributed by atoms with E-state index in [-0.39, 0.29) is 18.5 Å². The second-order valence-electron chi connectivity index (χ2n) is 22.5. The molecule has 6 nitrogen and oxygen atoms in total. The molecule has 0 fully saturated rings. The molecule has 0 radical (unpaired) electrons. The van der Waals surface area contributed by atoms with Gasteiger partial charge in [0.1, 0.15) is 0 Å². The Morgan fingerprint density at radius 1 is 0.380 bits per heavy atom. The van der Waals surface area contributed by atoms with Gasteiger partial charge in [-0.15, -0.1) is 0 Å². The molecule has 0 saturated carbocycles. The van der Waals surface area contributed by atoms with Crippen LogP contribution < -0.4 is 5.32 Å². The van der Waals surface area contributed by atoms with Gasteiger partial charge in [-0.05, 0) is 51.4 Å². The molecule has 0 aromatic rings. The van der Waals surface area contributed by atoms with Gasteiger partial charge < -0.3 is 20.3 Å². The standard InChI is InChI=1S/C65H127NO5/c1-3-5-7-9-11-13-15-17-19-20-27-30-33-37-41-45-49-53-57-63(68)62(61-67)66-64(69)58-54-50-46-42-38-34-31-28-25-23-21-22-24-26-29-32-36-40-44-48-52-56-60-71-65(70)59-55-51-47-43-39-35-18-16-14-12-10-8-6-4-2/h23,25,62-63,67-68H,3-22,24,26-61H2,1-2H3,(H,66,69)/b25-23-. The number of aliphatic hydroxyl groups excluding tert-OH is 2. The third kappa shape index (κ3) is 57.7. The molecule has 422 valence electrons. The Morgan fingerprint density at radius 2 is 0.662 bits per heavy atom. The summed E-state index contributed by atoms with van der Waals surface area (Å²) in [5, 5.41) is 23.3. The van der Waals surface area contributed by atoms with E-state index in [0.29, 0.717) is 25.9 Å². The van der Waals surface area contributed by atoms with E-state index in [1.54, 1.807) is 0 Å². The summed E-state index contributed by atoms with van der Waals surface area (Å²) in [6.45, 7) is 4.98. The summed E-state index contributed by atoms with van der Waals surface area (Å²) in [7, 11) is 0. The van der Waals surface area contributed by atoms with Gasteiger partial charge in [0.25, 0.3) is 0 Å². The molecule has 0 aromatic heterocycles. The third-order valence-electron chi connectivity index (χ3n) is 15.3. The van der Waals surface area contributed by atoms with Gasteiger partial charge in [-0.2, -0.15) is 0 Å². The van der Waals surface area contributed by atoms with Crippen LogP contribution in [0.3, 0.4) is 0 Å². The molecule has 0 rings (SSSR count). The zero-order valence-electron chi connectivity index (χ0n) is 48.2. The molecular formula is C65H127NO5. The number of esters is 1. The van der Waals surface area contributed by atoms with Gasteiger partial charge in [0.2, 0.25) is 5.91 Å². The molecule has 6 heteroatoms. The van der Waals surface area contributed by atoms with Crippen molar-refractivity contribution in [2.75, 3.05) is 13.2 Å². The first-order chi connectivity index (χ1) is 35.0. The lowest BCUT2D eigenvalue weighted by Gasteiger charge is -2.22. The molecule has 0 bridgehead atoms. The van der Waals surface area contributed by atoms with E-state index in [2.05, 4.69) is 31.3 Å². The summed E-state index contributed by atoms with van der Waals surface area (Å²) in [5.41, 5.74) is 0. The zero-order chi connectivity index (χ0) is 51.4.